The van der Waals surface area contributed by atoms with Gasteiger partial charge in [-0.2, -0.15) is 0 Å². The lowest BCUT2D eigenvalue weighted by atomic mass is 9.98. The zero-order valence-electron chi connectivity index (χ0n) is 13.1. The molecule has 7 nitrogen and oxygen atoms in total. The Bertz CT molecular complexity index is 630. The summed E-state index contributed by atoms with van der Waals surface area (Å²) in [5.41, 5.74) is 1.02. The van der Waals surface area contributed by atoms with E-state index in [1.165, 1.54) is 4.90 Å². The Hall–Kier alpha value is -1.96. The van der Waals surface area contributed by atoms with E-state index in [-0.39, 0.29) is 30.7 Å². The summed E-state index contributed by atoms with van der Waals surface area (Å²) in [5, 5.41) is 5.36. The van der Waals surface area contributed by atoms with Crippen molar-refractivity contribution >= 4 is 29.2 Å². The van der Waals surface area contributed by atoms with Crippen LogP contribution in [0, 0.1) is 6.92 Å². The summed E-state index contributed by atoms with van der Waals surface area (Å²) in [6.45, 7) is 3.68. The molecule has 0 aromatic carbocycles. The van der Waals surface area contributed by atoms with Crippen LogP contribution in [-0.4, -0.2) is 58.8 Å². The number of imide groups is 1. The molecule has 1 aromatic heterocycles. The van der Waals surface area contributed by atoms with E-state index in [1.807, 2.05) is 17.2 Å². The van der Waals surface area contributed by atoms with Crippen molar-refractivity contribution < 1.29 is 14.4 Å². The third kappa shape index (κ3) is 3.69. The van der Waals surface area contributed by atoms with Crippen molar-refractivity contribution in [2.75, 3.05) is 26.2 Å². The zero-order valence-corrected chi connectivity index (χ0v) is 13.9. The second-order valence-electron chi connectivity index (χ2n) is 6.03. The van der Waals surface area contributed by atoms with Gasteiger partial charge in [0.05, 0.1) is 5.01 Å². The molecule has 0 saturated carbocycles. The van der Waals surface area contributed by atoms with Crippen LogP contribution in [0.15, 0.2) is 5.38 Å². The van der Waals surface area contributed by atoms with Crippen LogP contribution in [0.3, 0.4) is 0 Å². The number of piperidine rings is 1. The van der Waals surface area contributed by atoms with Crippen molar-refractivity contribution in [2.45, 2.75) is 32.1 Å². The number of carbonyl (C=O) groups excluding carboxylic acids is 3. The highest BCUT2D eigenvalue weighted by Gasteiger charge is 2.30. The first kappa shape index (κ1) is 15.9. The lowest BCUT2D eigenvalue weighted by Crippen LogP contribution is -2.53. The van der Waals surface area contributed by atoms with Gasteiger partial charge in [-0.15, -0.1) is 11.3 Å². The summed E-state index contributed by atoms with van der Waals surface area (Å²) in [6.07, 6.45) is 2.23. The summed E-state index contributed by atoms with van der Waals surface area (Å²) < 4.78 is 0. The summed E-state index contributed by atoms with van der Waals surface area (Å²) in [5.74, 6) is -0.0634. The van der Waals surface area contributed by atoms with Crippen molar-refractivity contribution in [3.8, 4) is 0 Å². The molecule has 1 unspecified atom stereocenters. The van der Waals surface area contributed by atoms with Crippen LogP contribution in [0.5, 0.6) is 0 Å². The van der Waals surface area contributed by atoms with Crippen molar-refractivity contribution in [3.63, 3.8) is 0 Å². The second kappa shape index (κ2) is 6.66. The first-order valence-electron chi connectivity index (χ1n) is 7.81. The number of rotatable bonds is 3. The van der Waals surface area contributed by atoms with Gasteiger partial charge in [0.1, 0.15) is 6.54 Å². The van der Waals surface area contributed by atoms with E-state index < -0.39 is 6.03 Å². The molecule has 0 spiro atoms. The Kier molecular flexibility index (Phi) is 4.61. The fourth-order valence-electron chi connectivity index (χ4n) is 2.98. The fraction of sp³-hybridized carbons (Fsp3) is 0.600. The molecule has 1 N–H and O–H groups in total. The smallest absolute Gasteiger partial charge is 0.324 e. The minimum Gasteiger partial charge on any atom is -0.340 e. The molecule has 1 atom stereocenters. The van der Waals surface area contributed by atoms with Gasteiger partial charge >= 0.3 is 6.03 Å². The molecule has 2 fully saturated rings. The average Bonchev–Trinajstić information content (AvgIpc) is 2.97. The van der Waals surface area contributed by atoms with Gasteiger partial charge in [0.25, 0.3) is 0 Å². The molecule has 1 aromatic rings. The van der Waals surface area contributed by atoms with Crippen LogP contribution in [-0.2, 0) is 9.59 Å². The predicted octanol–water partition coefficient (Wildman–Crippen LogP) is 1.10. The van der Waals surface area contributed by atoms with E-state index in [1.54, 1.807) is 11.3 Å². The lowest BCUT2D eigenvalue weighted by molar-refractivity contribution is -0.134. The van der Waals surface area contributed by atoms with Gasteiger partial charge < -0.3 is 9.80 Å². The van der Waals surface area contributed by atoms with E-state index >= 15 is 0 Å². The number of aryl methyl sites for hydroxylation is 1. The minimum atomic E-state index is -0.473. The largest absolute Gasteiger partial charge is 0.340 e. The molecular formula is C15H20N4O3S. The van der Waals surface area contributed by atoms with Gasteiger partial charge in [-0.3, -0.25) is 14.9 Å². The van der Waals surface area contributed by atoms with Crippen molar-refractivity contribution in [1.82, 2.24) is 20.1 Å². The number of hydrogen-bond donors (Lipinski definition) is 1. The van der Waals surface area contributed by atoms with Crippen LogP contribution in [0.4, 0.5) is 4.79 Å². The van der Waals surface area contributed by atoms with Crippen molar-refractivity contribution in [1.29, 1.82) is 0 Å². The summed E-state index contributed by atoms with van der Waals surface area (Å²) >= 11 is 1.65. The van der Waals surface area contributed by atoms with Gasteiger partial charge in [0.15, 0.2) is 0 Å². The Morgan fingerprint density at radius 2 is 2.26 bits per heavy atom. The minimum absolute atomic E-state index is 0.0305. The Labute approximate surface area is 138 Å². The van der Waals surface area contributed by atoms with E-state index in [4.69, 9.17) is 0 Å². The summed E-state index contributed by atoms with van der Waals surface area (Å²) in [7, 11) is 0. The molecule has 2 aliphatic rings. The predicted molar refractivity (Wildman–Crippen MR) is 85.1 cm³/mol. The zero-order chi connectivity index (χ0) is 16.4. The number of urea groups is 1. The Balaban J connectivity index is 1.59. The molecule has 3 heterocycles. The van der Waals surface area contributed by atoms with Crippen molar-refractivity contribution in [3.05, 3.63) is 16.1 Å². The standard InChI is InChI=1S/C15H20N4O3S/c1-10-9-23-14(16-10)11-3-2-5-18(7-11)13(21)8-19-6-4-12(20)17-15(19)22/h9,11H,2-8H2,1H3,(H,17,20,22). The molecule has 0 bridgehead atoms. The lowest BCUT2D eigenvalue weighted by Gasteiger charge is -2.34. The SMILES string of the molecule is Cc1csc(C2CCCN(C(=O)CN3CCC(=O)NC3=O)C2)n1. The van der Waals surface area contributed by atoms with Crippen LogP contribution in [0.1, 0.15) is 35.9 Å². The first-order chi connectivity index (χ1) is 11.0. The average molecular weight is 336 g/mol. The highest BCUT2D eigenvalue weighted by atomic mass is 32.1. The van der Waals surface area contributed by atoms with Gasteiger partial charge in [-0.25, -0.2) is 9.78 Å². The molecule has 124 valence electrons. The second-order valence-corrected chi connectivity index (χ2v) is 6.92. The molecule has 23 heavy (non-hydrogen) atoms. The number of thiazole rings is 1. The van der Waals surface area contributed by atoms with Gasteiger partial charge in [-0.05, 0) is 19.8 Å². The number of aromatic nitrogens is 1. The van der Waals surface area contributed by atoms with Crippen LogP contribution in [0.25, 0.3) is 0 Å². The van der Waals surface area contributed by atoms with Crippen LogP contribution < -0.4 is 5.32 Å². The maximum absolute atomic E-state index is 12.5. The highest BCUT2D eigenvalue weighted by Crippen LogP contribution is 2.29. The van der Waals surface area contributed by atoms with Gasteiger partial charge in [0.2, 0.25) is 11.8 Å². The number of nitrogens with zero attached hydrogens (tertiary/aromatic N) is 3. The number of carbonyl (C=O) groups is 3. The third-order valence-electron chi connectivity index (χ3n) is 4.23. The monoisotopic (exact) mass is 336 g/mol. The molecule has 3 rings (SSSR count). The molecule has 4 amide bonds. The van der Waals surface area contributed by atoms with E-state index in [0.717, 1.165) is 23.5 Å². The Morgan fingerprint density at radius 1 is 1.43 bits per heavy atom. The molecule has 2 saturated heterocycles. The maximum atomic E-state index is 12.5. The number of amides is 4. The van der Waals surface area contributed by atoms with Gasteiger partial charge in [0, 0.05) is 43.0 Å². The topological polar surface area (TPSA) is 82.6 Å². The molecule has 2 aliphatic heterocycles. The Morgan fingerprint density at radius 3 is 2.96 bits per heavy atom. The number of hydrogen-bond acceptors (Lipinski definition) is 5. The fourth-order valence-corrected chi connectivity index (χ4v) is 3.90. The van der Waals surface area contributed by atoms with Crippen LogP contribution in [0.2, 0.25) is 0 Å². The van der Waals surface area contributed by atoms with Gasteiger partial charge in [-0.1, -0.05) is 0 Å². The van der Waals surface area contributed by atoms with Crippen LogP contribution >= 0.6 is 11.3 Å². The quantitative estimate of drug-likeness (QED) is 0.896. The molecule has 0 radical (unpaired) electrons. The highest BCUT2D eigenvalue weighted by molar-refractivity contribution is 7.09. The maximum Gasteiger partial charge on any atom is 0.324 e. The third-order valence-corrected chi connectivity index (χ3v) is 5.35. The normalized spacial score (nSPS) is 22.2. The molecule has 0 aliphatic carbocycles. The molecular weight excluding hydrogens is 316 g/mol. The van der Waals surface area contributed by atoms with E-state index in [2.05, 4.69) is 10.3 Å². The number of likely N-dealkylation sites (tertiary alicyclic amines) is 1. The van der Waals surface area contributed by atoms with Crippen molar-refractivity contribution in [2.24, 2.45) is 0 Å². The number of nitrogens with one attached hydrogen (secondary N) is 1. The molecule has 8 heteroatoms. The van der Waals surface area contributed by atoms with E-state index in [0.29, 0.717) is 19.6 Å². The van der Waals surface area contributed by atoms with E-state index in [9.17, 15) is 14.4 Å². The summed E-state index contributed by atoms with van der Waals surface area (Å²) in [4.78, 5) is 43.1. The summed E-state index contributed by atoms with van der Waals surface area (Å²) in [6, 6.07) is -0.473. The first-order valence-corrected chi connectivity index (χ1v) is 8.69.